The number of benzene rings is 1. The maximum Gasteiger partial charge on any atom is 0.268 e. The van der Waals surface area contributed by atoms with Crippen LogP contribution >= 0.6 is 23.5 Å². The van der Waals surface area contributed by atoms with E-state index in [-0.39, 0.29) is 17.2 Å². The maximum absolute atomic E-state index is 13.2. The molecule has 7 nitrogen and oxygen atoms in total. The maximum atomic E-state index is 13.2. The molecule has 0 aliphatic carbocycles. The van der Waals surface area contributed by atoms with Crippen LogP contribution in [-0.2, 0) is 24.2 Å². The molecular formula is C21H22N4O3S2. The number of aryl methyl sites for hydroxylation is 2. The number of amides is 1. The predicted octanol–water partition coefficient (Wildman–Crippen LogP) is 3.55. The van der Waals surface area contributed by atoms with Crippen LogP contribution in [0.5, 0.6) is 0 Å². The summed E-state index contributed by atoms with van der Waals surface area (Å²) >= 11 is 2.86. The summed E-state index contributed by atoms with van der Waals surface area (Å²) in [6.45, 7) is 4.38. The lowest BCUT2D eigenvalue weighted by Gasteiger charge is -2.13. The molecule has 0 radical (unpaired) electrons. The molecule has 1 atom stereocenters. The van der Waals surface area contributed by atoms with Crippen molar-refractivity contribution in [2.45, 2.75) is 48.5 Å². The first-order chi connectivity index (χ1) is 14.5. The topological polar surface area (TPSA) is 90.0 Å². The summed E-state index contributed by atoms with van der Waals surface area (Å²) in [6.07, 6.45) is 1.49. The molecule has 0 bridgehead atoms. The Morgan fingerprint density at radius 3 is 2.90 bits per heavy atom. The number of nitrogens with zero attached hydrogens (tertiary/aromatic N) is 3. The van der Waals surface area contributed by atoms with Crippen molar-refractivity contribution >= 4 is 35.2 Å². The highest BCUT2D eigenvalue weighted by Gasteiger charge is 2.26. The summed E-state index contributed by atoms with van der Waals surface area (Å²) in [4.78, 5) is 31.0. The first-order valence-electron chi connectivity index (χ1n) is 9.70. The third-order valence-corrected chi connectivity index (χ3v) is 6.85. The average Bonchev–Trinajstić information content (AvgIpc) is 3.31. The van der Waals surface area contributed by atoms with E-state index in [4.69, 9.17) is 9.51 Å². The molecule has 1 amide bonds. The van der Waals surface area contributed by atoms with Crippen LogP contribution in [0.1, 0.15) is 23.9 Å². The Morgan fingerprint density at radius 2 is 2.17 bits per heavy atom. The highest BCUT2D eigenvalue weighted by atomic mass is 32.2. The Morgan fingerprint density at radius 1 is 1.37 bits per heavy atom. The summed E-state index contributed by atoms with van der Waals surface area (Å²) in [5, 5.41) is 7.39. The van der Waals surface area contributed by atoms with Gasteiger partial charge in [0.1, 0.15) is 5.76 Å². The SMILES string of the molecule is Cc1cc(NC(=O)CSc2nc3c(c(=O)n2CCc2ccccc2)S[C@H](C)C3)no1. The molecule has 0 saturated carbocycles. The molecule has 3 heterocycles. The molecular weight excluding hydrogens is 420 g/mol. The Hall–Kier alpha value is -2.52. The van der Waals surface area contributed by atoms with Gasteiger partial charge in [0.05, 0.1) is 16.3 Å². The second-order valence-corrected chi connectivity index (χ2v) is 9.55. The summed E-state index contributed by atoms with van der Waals surface area (Å²) < 4.78 is 6.67. The molecule has 2 aromatic heterocycles. The van der Waals surface area contributed by atoms with E-state index in [9.17, 15) is 9.59 Å². The summed E-state index contributed by atoms with van der Waals surface area (Å²) in [6, 6.07) is 11.7. The van der Waals surface area contributed by atoms with Gasteiger partial charge >= 0.3 is 0 Å². The van der Waals surface area contributed by atoms with Crippen LogP contribution in [0, 0.1) is 6.92 Å². The summed E-state index contributed by atoms with van der Waals surface area (Å²) in [7, 11) is 0. The van der Waals surface area contributed by atoms with Crippen molar-refractivity contribution < 1.29 is 9.32 Å². The highest BCUT2D eigenvalue weighted by Crippen LogP contribution is 2.34. The zero-order chi connectivity index (χ0) is 21.1. The molecule has 1 aliphatic rings. The lowest BCUT2D eigenvalue weighted by Crippen LogP contribution is -2.27. The van der Waals surface area contributed by atoms with Gasteiger partial charge in [-0.05, 0) is 18.9 Å². The van der Waals surface area contributed by atoms with Gasteiger partial charge in [-0.2, -0.15) is 0 Å². The molecule has 0 unspecified atom stereocenters. The number of hydrogen-bond donors (Lipinski definition) is 1. The first kappa shape index (κ1) is 20.7. The Labute approximate surface area is 182 Å². The van der Waals surface area contributed by atoms with Gasteiger partial charge in [0.15, 0.2) is 11.0 Å². The number of rotatable bonds is 7. The minimum atomic E-state index is -0.222. The fourth-order valence-corrected chi connectivity index (χ4v) is 5.22. The van der Waals surface area contributed by atoms with Crippen molar-refractivity contribution in [2.24, 2.45) is 0 Å². The van der Waals surface area contributed by atoms with Gasteiger partial charge in [0, 0.05) is 24.3 Å². The largest absolute Gasteiger partial charge is 0.360 e. The van der Waals surface area contributed by atoms with Gasteiger partial charge in [0.25, 0.3) is 5.56 Å². The molecule has 1 aromatic carbocycles. The van der Waals surface area contributed by atoms with E-state index in [0.29, 0.717) is 28.5 Å². The molecule has 0 spiro atoms. The van der Waals surface area contributed by atoms with Gasteiger partial charge in [-0.15, -0.1) is 11.8 Å². The molecule has 156 valence electrons. The number of carbonyl (C=O) groups is 1. The standard InChI is InChI=1S/C21H22N4O3S2/c1-13-10-17(24-28-13)23-18(26)12-29-21-22-16-11-14(2)30-19(16)20(27)25(21)9-8-15-6-4-3-5-7-15/h3-7,10,14H,8-9,11-12H2,1-2H3,(H,23,24,26)/t14-/m1/s1. The van der Waals surface area contributed by atoms with E-state index >= 15 is 0 Å². The van der Waals surface area contributed by atoms with E-state index < -0.39 is 0 Å². The van der Waals surface area contributed by atoms with Crippen molar-refractivity contribution in [3.8, 4) is 0 Å². The zero-order valence-electron chi connectivity index (χ0n) is 16.8. The van der Waals surface area contributed by atoms with E-state index in [1.807, 2.05) is 30.3 Å². The van der Waals surface area contributed by atoms with Gasteiger partial charge < -0.3 is 9.84 Å². The van der Waals surface area contributed by atoms with Crippen molar-refractivity contribution in [1.29, 1.82) is 0 Å². The van der Waals surface area contributed by atoms with Crippen LogP contribution < -0.4 is 10.9 Å². The quantitative estimate of drug-likeness (QED) is 0.442. The second-order valence-electron chi connectivity index (χ2n) is 7.15. The third-order valence-electron chi connectivity index (χ3n) is 4.66. The lowest BCUT2D eigenvalue weighted by molar-refractivity contribution is -0.113. The van der Waals surface area contributed by atoms with Crippen molar-refractivity contribution in [3.05, 3.63) is 63.8 Å². The van der Waals surface area contributed by atoms with Crippen molar-refractivity contribution in [2.75, 3.05) is 11.1 Å². The van der Waals surface area contributed by atoms with Crippen LogP contribution in [0.3, 0.4) is 0 Å². The van der Waals surface area contributed by atoms with Crippen LogP contribution in [0.4, 0.5) is 5.82 Å². The number of hydrogen-bond acceptors (Lipinski definition) is 7. The van der Waals surface area contributed by atoms with Crippen molar-refractivity contribution in [3.63, 3.8) is 0 Å². The fourth-order valence-electron chi connectivity index (χ4n) is 3.26. The molecule has 3 aromatic rings. The van der Waals surface area contributed by atoms with Crippen LogP contribution in [0.2, 0.25) is 0 Å². The highest BCUT2D eigenvalue weighted by molar-refractivity contribution is 8.00. The smallest absolute Gasteiger partial charge is 0.268 e. The predicted molar refractivity (Wildman–Crippen MR) is 118 cm³/mol. The molecule has 9 heteroatoms. The third kappa shape index (κ3) is 4.79. The van der Waals surface area contributed by atoms with E-state index in [1.54, 1.807) is 29.3 Å². The zero-order valence-corrected chi connectivity index (χ0v) is 18.4. The minimum absolute atomic E-state index is 0.0136. The minimum Gasteiger partial charge on any atom is -0.360 e. The van der Waals surface area contributed by atoms with Crippen LogP contribution in [0.15, 0.2) is 55.8 Å². The number of carbonyl (C=O) groups excluding carboxylic acids is 1. The Balaban J connectivity index is 1.53. The normalized spacial score (nSPS) is 15.2. The van der Waals surface area contributed by atoms with E-state index in [0.717, 1.165) is 29.0 Å². The molecule has 0 fully saturated rings. The summed E-state index contributed by atoms with van der Waals surface area (Å²) in [5.74, 6) is 0.914. The molecule has 4 rings (SSSR count). The first-order valence-corrected chi connectivity index (χ1v) is 11.6. The number of anilines is 1. The number of aromatic nitrogens is 3. The van der Waals surface area contributed by atoms with Crippen molar-refractivity contribution in [1.82, 2.24) is 14.7 Å². The Bertz CT molecular complexity index is 1110. The van der Waals surface area contributed by atoms with Crippen LogP contribution in [-0.4, -0.2) is 31.6 Å². The number of nitrogens with one attached hydrogen (secondary N) is 1. The van der Waals surface area contributed by atoms with Crippen LogP contribution in [0.25, 0.3) is 0 Å². The van der Waals surface area contributed by atoms with E-state index in [1.165, 1.54) is 11.8 Å². The monoisotopic (exact) mass is 442 g/mol. The molecule has 1 aliphatic heterocycles. The summed E-state index contributed by atoms with van der Waals surface area (Å²) in [5.41, 5.74) is 1.98. The molecule has 1 N–H and O–H groups in total. The fraction of sp³-hybridized carbons (Fsp3) is 0.333. The van der Waals surface area contributed by atoms with Gasteiger partial charge in [-0.25, -0.2) is 4.98 Å². The van der Waals surface area contributed by atoms with Gasteiger partial charge in [-0.3, -0.25) is 14.2 Å². The number of thioether (sulfide) groups is 2. The van der Waals surface area contributed by atoms with Gasteiger partial charge in [-0.1, -0.05) is 54.2 Å². The molecule has 30 heavy (non-hydrogen) atoms. The lowest BCUT2D eigenvalue weighted by atomic mass is 10.1. The van der Waals surface area contributed by atoms with Gasteiger partial charge in [0.2, 0.25) is 5.91 Å². The average molecular weight is 443 g/mol. The molecule has 0 saturated heterocycles. The van der Waals surface area contributed by atoms with E-state index in [2.05, 4.69) is 17.4 Å². The number of fused-ring (bicyclic) bond motifs is 1. The Kier molecular flexibility index (Phi) is 6.29. The second kappa shape index (κ2) is 9.09.